The molecule has 0 radical (unpaired) electrons. The van der Waals surface area contributed by atoms with Crippen molar-refractivity contribution in [3.63, 3.8) is 0 Å². The van der Waals surface area contributed by atoms with E-state index in [1.807, 2.05) is 0 Å². The van der Waals surface area contributed by atoms with Crippen LogP contribution in [0.2, 0.25) is 0 Å². The molecule has 0 aliphatic rings. The van der Waals surface area contributed by atoms with Gasteiger partial charge >= 0.3 is 0 Å². The van der Waals surface area contributed by atoms with Crippen molar-refractivity contribution in [3.8, 4) is 12.1 Å². The maximum atomic E-state index is 12.8. The second-order valence-electron chi connectivity index (χ2n) is 2.91. The van der Waals surface area contributed by atoms with Crippen molar-refractivity contribution in [1.29, 1.82) is 10.5 Å². The summed E-state index contributed by atoms with van der Waals surface area (Å²) in [6.07, 6.45) is -2.85. The van der Waals surface area contributed by atoms with Crippen LogP contribution in [-0.2, 0) is 11.8 Å². The second kappa shape index (κ2) is 5.53. The molecule has 0 saturated carbocycles. The third-order valence-electron chi connectivity index (χ3n) is 1.95. The minimum absolute atomic E-state index is 0.0455. The first-order valence-electron chi connectivity index (χ1n) is 4.27. The molecule has 3 nitrogen and oxygen atoms in total. The first kappa shape index (κ1) is 12.5. The molecule has 1 rings (SSSR count). The average Bonchev–Trinajstić information content (AvgIpc) is 2.27. The Labute approximate surface area is 99.5 Å². The number of nitrogens with zero attached hydrogens (tertiary/aromatic N) is 3. The molecule has 0 bridgehead atoms. The summed E-state index contributed by atoms with van der Waals surface area (Å²) < 4.78 is 25.6. The predicted octanol–water partition coefficient (Wildman–Crippen LogP) is 2.85. The van der Waals surface area contributed by atoms with Crippen LogP contribution in [0.4, 0.5) is 8.78 Å². The minimum atomic E-state index is -2.70. The Kier molecular flexibility index (Phi) is 4.33. The van der Waals surface area contributed by atoms with Crippen LogP contribution in [0.1, 0.15) is 28.9 Å². The van der Waals surface area contributed by atoms with Crippen molar-refractivity contribution >= 4 is 15.9 Å². The average molecular weight is 286 g/mol. The lowest BCUT2D eigenvalue weighted by atomic mass is 10.0. The van der Waals surface area contributed by atoms with Crippen LogP contribution in [0, 0.1) is 22.7 Å². The summed E-state index contributed by atoms with van der Waals surface area (Å²) in [5.74, 6) is 0. The van der Waals surface area contributed by atoms with Crippen LogP contribution in [0.25, 0.3) is 0 Å². The van der Waals surface area contributed by atoms with Gasteiger partial charge in [0.25, 0.3) is 6.43 Å². The molecular weight excluding hydrogens is 280 g/mol. The van der Waals surface area contributed by atoms with Gasteiger partial charge in [0.05, 0.1) is 18.2 Å². The van der Waals surface area contributed by atoms with Crippen molar-refractivity contribution in [1.82, 2.24) is 4.98 Å². The summed E-state index contributed by atoms with van der Waals surface area (Å²) in [5, 5.41) is 17.4. The normalized spacial score (nSPS) is 9.88. The van der Waals surface area contributed by atoms with E-state index in [1.54, 1.807) is 12.1 Å². The number of hydrogen-bond donors (Lipinski definition) is 0. The zero-order valence-electron chi connectivity index (χ0n) is 8.04. The van der Waals surface area contributed by atoms with Gasteiger partial charge in [-0.3, -0.25) is 0 Å². The quantitative estimate of drug-likeness (QED) is 0.803. The molecular formula is C10H6BrF2N3. The molecule has 1 aromatic rings. The van der Waals surface area contributed by atoms with Crippen molar-refractivity contribution in [3.05, 3.63) is 28.6 Å². The van der Waals surface area contributed by atoms with E-state index < -0.39 is 6.43 Å². The fourth-order valence-corrected chi connectivity index (χ4v) is 1.75. The number of alkyl halides is 3. The van der Waals surface area contributed by atoms with Gasteiger partial charge in [-0.05, 0) is 11.6 Å². The van der Waals surface area contributed by atoms with E-state index >= 15 is 0 Å². The second-order valence-corrected chi connectivity index (χ2v) is 3.47. The van der Waals surface area contributed by atoms with E-state index in [-0.39, 0.29) is 34.3 Å². The Morgan fingerprint density at radius 2 is 2.12 bits per heavy atom. The van der Waals surface area contributed by atoms with Gasteiger partial charge in [-0.15, -0.1) is 0 Å². The molecule has 0 aromatic carbocycles. The van der Waals surface area contributed by atoms with Crippen molar-refractivity contribution in [2.24, 2.45) is 0 Å². The Balaban J connectivity index is 3.43. The highest BCUT2D eigenvalue weighted by Gasteiger charge is 2.19. The standard InChI is InChI=1S/C10H6BrF2N3/c11-4-8-9(10(12)13)6(1-2-14)3-7(5-15)16-8/h3,10H,1,4H2. The highest BCUT2D eigenvalue weighted by molar-refractivity contribution is 9.08. The summed E-state index contributed by atoms with van der Waals surface area (Å²) in [5.41, 5.74) is 0.0688. The van der Waals surface area contributed by atoms with Gasteiger partial charge in [0.2, 0.25) is 0 Å². The van der Waals surface area contributed by atoms with Crippen LogP contribution in [0.3, 0.4) is 0 Å². The molecule has 1 heterocycles. The highest BCUT2D eigenvalue weighted by atomic mass is 79.9. The summed E-state index contributed by atoms with van der Waals surface area (Å²) in [6.45, 7) is 0. The fourth-order valence-electron chi connectivity index (χ4n) is 1.32. The van der Waals surface area contributed by atoms with E-state index in [4.69, 9.17) is 10.5 Å². The Bertz CT molecular complexity index is 474. The molecule has 0 N–H and O–H groups in total. The smallest absolute Gasteiger partial charge is 0.241 e. The molecule has 82 valence electrons. The van der Waals surface area contributed by atoms with Gasteiger partial charge in [-0.1, -0.05) is 15.9 Å². The van der Waals surface area contributed by atoms with Crippen LogP contribution >= 0.6 is 15.9 Å². The minimum Gasteiger partial charge on any atom is -0.241 e. The van der Waals surface area contributed by atoms with Crippen molar-refractivity contribution in [2.75, 3.05) is 0 Å². The Morgan fingerprint density at radius 1 is 1.44 bits per heavy atom. The summed E-state index contributed by atoms with van der Waals surface area (Å²) >= 11 is 3.04. The lowest BCUT2D eigenvalue weighted by Crippen LogP contribution is -2.04. The maximum absolute atomic E-state index is 12.8. The molecule has 0 fully saturated rings. The van der Waals surface area contributed by atoms with Crippen molar-refractivity contribution < 1.29 is 8.78 Å². The summed E-state index contributed by atoms with van der Waals surface area (Å²) in [7, 11) is 0. The number of rotatable bonds is 3. The van der Waals surface area contributed by atoms with Gasteiger partial charge in [-0.2, -0.15) is 10.5 Å². The zero-order valence-corrected chi connectivity index (χ0v) is 9.63. The Morgan fingerprint density at radius 3 is 2.56 bits per heavy atom. The van der Waals surface area contributed by atoms with Crippen LogP contribution in [0.15, 0.2) is 6.07 Å². The number of pyridine rings is 1. The Hall–Kier alpha value is -1.53. The van der Waals surface area contributed by atoms with E-state index in [1.165, 1.54) is 6.07 Å². The fraction of sp³-hybridized carbons (Fsp3) is 0.300. The van der Waals surface area contributed by atoms with Gasteiger partial charge in [0, 0.05) is 10.9 Å². The van der Waals surface area contributed by atoms with Gasteiger partial charge in [0.15, 0.2) is 0 Å². The van der Waals surface area contributed by atoms with Crippen LogP contribution in [-0.4, -0.2) is 4.98 Å². The number of aromatic nitrogens is 1. The zero-order chi connectivity index (χ0) is 12.1. The lowest BCUT2D eigenvalue weighted by Gasteiger charge is -2.10. The first-order valence-corrected chi connectivity index (χ1v) is 5.40. The summed E-state index contributed by atoms with van der Waals surface area (Å²) in [4.78, 5) is 3.78. The van der Waals surface area contributed by atoms with Gasteiger partial charge < -0.3 is 0 Å². The lowest BCUT2D eigenvalue weighted by molar-refractivity contribution is 0.149. The molecule has 16 heavy (non-hydrogen) atoms. The third-order valence-corrected chi connectivity index (χ3v) is 2.48. The summed E-state index contributed by atoms with van der Waals surface area (Å²) in [6, 6.07) is 4.81. The van der Waals surface area contributed by atoms with E-state index in [0.29, 0.717) is 0 Å². The topological polar surface area (TPSA) is 60.5 Å². The third kappa shape index (κ3) is 2.53. The number of nitriles is 2. The van der Waals surface area contributed by atoms with E-state index in [2.05, 4.69) is 20.9 Å². The molecule has 0 amide bonds. The molecule has 0 saturated heterocycles. The predicted molar refractivity (Wildman–Crippen MR) is 55.9 cm³/mol. The largest absolute Gasteiger partial charge is 0.265 e. The SMILES string of the molecule is N#CCc1cc(C#N)nc(CBr)c1C(F)F. The molecule has 6 heteroatoms. The number of halogens is 3. The van der Waals surface area contributed by atoms with Crippen LogP contribution < -0.4 is 0 Å². The van der Waals surface area contributed by atoms with Gasteiger partial charge in [-0.25, -0.2) is 13.8 Å². The van der Waals surface area contributed by atoms with E-state index in [0.717, 1.165) is 0 Å². The molecule has 0 aliphatic heterocycles. The molecule has 1 aromatic heterocycles. The van der Waals surface area contributed by atoms with Crippen molar-refractivity contribution in [2.45, 2.75) is 18.2 Å². The first-order chi connectivity index (χ1) is 7.63. The van der Waals surface area contributed by atoms with Gasteiger partial charge in [0.1, 0.15) is 11.8 Å². The monoisotopic (exact) mass is 285 g/mol. The number of hydrogen-bond acceptors (Lipinski definition) is 3. The molecule has 0 spiro atoms. The molecule has 0 atom stereocenters. The highest BCUT2D eigenvalue weighted by Crippen LogP contribution is 2.28. The van der Waals surface area contributed by atoms with Crippen LogP contribution in [0.5, 0.6) is 0 Å². The molecule has 0 unspecified atom stereocenters. The maximum Gasteiger partial charge on any atom is 0.265 e. The van der Waals surface area contributed by atoms with E-state index in [9.17, 15) is 8.78 Å². The molecule has 0 aliphatic carbocycles.